The molecule has 0 saturated carbocycles. The van der Waals surface area contributed by atoms with Gasteiger partial charge in [0.15, 0.2) is 0 Å². The summed E-state index contributed by atoms with van der Waals surface area (Å²) in [5.41, 5.74) is 2.70. The van der Waals surface area contributed by atoms with Crippen LogP contribution in [0.2, 0.25) is 0 Å². The van der Waals surface area contributed by atoms with Crippen molar-refractivity contribution in [2.45, 2.75) is 19.3 Å². The van der Waals surface area contributed by atoms with Gasteiger partial charge in [-0.2, -0.15) is 0 Å². The Bertz CT molecular complexity index is 380. The quantitative estimate of drug-likeness (QED) is 0.794. The first-order valence-electron chi connectivity index (χ1n) is 6.10. The average molecular weight is 233 g/mol. The number of benzene rings is 1. The Morgan fingerprint density at radius 2 is 2.00 bits per heavy atom. The molecule has 1 aliphatic rings. The fraction of sp³-hybridized carbons (Fsp3) is 0.500. The highest BCUT2D eigenvalue weighted by atomic mass is 16.5. The van der Waals surface area contributed by atoms with E-state index in [9.17, 15) is 4.79 Å². The van der Waals surface area contributed by atoms with E-state index in [1.165, 1.54) is 11.1 Å². The van der Waals surface area contributed by atoms with Crippen molar-refractivity contribution in [1.82, 2.24) is 4.90 Å². The summed E-state index contributed by atoms with van der Waals surface area (Å²) in [6.07, 6.45) is 1.07. The standard InChI is InChI=1S/C14H19NO2/c1-3-11-4-6-12(7-5-11)13-8-15(9-13)14(16)10-17-2/h4-7,13H,3,8-10H2,1-2H3. The van der Waals surface area contributed by atoms with Crippen LogP contribution in [0, 0.1) is 0 Å². The molecule has 17 heavy (non-hydrogen) atoms. The molecule has 0 N–H and O–H groups in total. The van der Waals surface area contributed by atoms with Gasteiger partial charge in [0.2, 0.25) is 5.91 Å². The number of aryl methyl sites for hydroxylation is 1. The highest BCUT2D eigenvalue weighted by Crippen LogP contribution is 2.27. The molecule has 1 amide bonds. The summed E-state index contributed by atoms with van der Waals surface area (Å²) in [6, 6.07) is 8.72. The molecule has 1 aromatic carbocycles. The number of ether oxygens (including phenoxy) is 1. The second-order valence-electron chi connectivity index (χ2n) is 4.52. The van der Waals surface area contributed by atoms with E-state index in [-0.39, 0.29) is 12.5 Å². The molecule has 1 fully saturated rings. The summed E-state index contributed by atoms with van der Waals surface area (Å²) in [4.78, 5) is 13.4. The maximum absolute atomic E-state index is 11.5. The number of nitrogens with zero attached hydrogens (tertiary/aromatic N) is 1. The molecule has 3 heteroatoms. The van der Waals surface area contributed by atoms with Crippen LogP contribution in [0.15, 0.2) is 24.3 Å². The van der Waals surface area contributed by atoms with E-state index in [1.807, 2.05) is 4.90 Å². The van der Waals surface area contributed by atoms with Gasteiger partial charge in [-0.25, -0.2) is 0 Å². The molecule has 0 bridgehead atoms. The number of hydrogen-bond donors (Lipinski definition) is 0. The van der Waals surface area contributed by atoms with Gasteiger partial charge in [-0.3, -0.25) is 4.79 Å². The van der Waals surface area contributed by atoms with Crippen LogP contribution < -0.4 is 0 Å². The average Bonchev–Trinajstić information content (AvgIpc) is 2.28. The number of likely N-dealkylation sites (tertiary alicyclic amines) is 1. The Kier molecular flexibility index (Phi) is 3.79. The van der Waals surface area contributed by atoms with Gasteiger partial charge in [0, 0.05) is 26.1 Å². The molecule has 0 aliphatic carbocycles. The van der Waals surface area contributed by atoms with Crippen LogP contribution in [0.1, 0.15) is 24.0 Å². The molecule has 92 valence electrons. The molecular weight excluding hydrogens is 214 g/mol. The first kappa shape index (κ1) is 12.1. The van der Waals surface area contributed by atoms with Gasteiger partial charge in [0.25, 0.3) is 0 Å². The van der Waals surface area contributed by atoms with Gasteiger partial charge < -0.3 is 9.64 Å². The Morgan fingerprint density at radius 3 is 2.53 bits per heavy atom. The fourth-order valence-corrected chi connectivity index (χ4v) is 2.13. The fourth-order valence-electron chi connectivity index (χ4n) is 2.13. The highest BCUT2D eigenvalue weighted by Gasteiger charge is 2.31. The van der Waals surface area contributed by atoms with Crippen molar-refractivity contribution in [3.05, 3.63) is 35.4 Å². The minimum atomic E-state index is 0.0916. The Hall–Kier alpha value is -1.35. The van der Waals surface area contributed by atoms with E-state index in [2.05, 4.69) is 31.2 Å². The number of hydrogen-bond acceptors (Lipinski definition) is 2. The molecule has 3 nitrogen and oxygen atoms in total. The number of amides is 1. The van der Waals surface area contributed by atoms with Crippen molar-refractivity contribution in [3.63, 3.8) is 0 Å². The molecule has 1 heterocycles. The van der Waals surface area contributed by atoms with Gasteiger partial charge in [-0.1, -0.05) is 31.2 Å². The van der Waals surface area contributed by atoms with Gasteiger partial charge in [-0.05, 0) is 17.5 Å². The predicted molar refractivity (Wildman–Crippen MR) is 67.0 cm³/mol. The normalized spacial score (nSPS) is 15.8. The van der Waals surface area contributed by atoms with Crippen molar-refractivity contribution in [3.8, 4) is 0 Å². The minimum absolute atomic E-state index is 0.0916. The molecule has 0 radical (unpaired) electrons. The van der Waals surface area contributed by atoms with Crippen molar-refractivity contribution < 1.29 is 9.53 Å². The lowest BCUT2D eigenvalue weighted by atomic mass is 9.90. The summed E-state index contributed by atoms with van der Waals surface area (Å²) in [5, 5.41) is 0. The van der Waals surface area contributed by atoms with Gasteiger partial charge in [0.05, 0.1) is 0 Å². The smallest absolute Gasteiger partial charge is 0.248 e. The minimum Gasteiger partial charge on any atom is -0.375 e. The lowest BCUT2D eigenvalue weighted by molar-refractivity contribution is -0.139. The number of carbonyl (C=O) groups excluding carboxylic acids is 1. The van der Waals surface area contributed by atoms with Crippen LogP contribution in [-0.4, -0.2) is 37.6 Å². The first-order valence-corrected chi connectivity index (χ1v) is 6.10. The summed E-state index contributed by atoms with van der Waals surface area (Å²) in [7, 11) is 1.55. The van der Waals surface area contributed by atoms with Crippen LogP contribution >= 0.6 is 0 Å². The SMILES string of the molecule is CCc1ccc(C2CN(C(=O)COC)C2)cc1. The van der Waals surface area contributed by atoms with Crippen molar-refractivity contribution in [2.75, 3.05) is 26.8 Å². The second kappa shape index (κ2) is 5.32. The van der Waals surface area contributed by atoms with Gasteiger partial charge in [0.1, 0.15) is 6.61 Å². The maximum Gasteiger partial charge on any atom is 0.248 e. The molecule has 1 aliphatic heterocycles. The van der Waals surface area contributed by atoms with Crippen LogP contribution in [-0.2, 0) is 16.0 Å². The molecule has 0 unspecified atom stereocenters. The Labute approximate surface area is 102 Å². The van der Waals surface area contributed by atoms with Crippen molar-refractivity contribution in [2.24, 2.45) is 0 Å². The molecule has 0 atom stereocenters. The number of rotatable bonds is 4. The summed E-state index contributed by atoms with van der Waals surface area (Å²) in [6.45, 7) is 4.01. The van der Waals surface area contributed by atoms with E-state index in [0.29, 0.717) is 5.92 Å². The first-order chi connectivity index (χ1) is 8.24. The molecule has 1 saturated heterocycles. The Balaban J connectivity index is 1.88. The molecule has 0 aromatic heterocycles. The highest BCUT2D eigenvalue weighted by molar-refractivity contribution is 5.78. The summed E-state index contributed by atoms with van der Waals surface area (Å²) >= 11 is 0. The molecule has 0 spiro atoms. The van der Waals surface area contributed by atoms with E-state index in [0.717, 1.165) is 19.5 Å². The second-order valence-corrected chi connectivity index (χ2v) is 4.52. The zero-order chi connectivity index (χ0) is 12.3. The van der Waals surface area contributed by atoms with E-state index in [4.69, 9.17) is 4.74 Å². The van der Waals surface area contributed by atoms with E-state index < -0.39 is 0 Å². The third-order valence-corrected chi connectivity index (χ3v) is 3.36. The molecular formula is C14H19NO2. The number of carbonyl (C=O) groups is 1. The lowest BCUT2D eigenvalue weighted by Crippen LogP contribution is -2.49. The largest absolute Gasteiger partial charge is 0.375 e. The third-order valence-electron chi connectivity index (χ3n) is 3.36. The monoisotopic (exact) mass is 233 g/mol. The topological polar surface area (TPSA) is 29.5 Å². The zero-order valence-electron chi connectivity index (χ0n) is 10.5. The summed E-state index contributed by atoms with van der Waals surface area (Å²) in [5.74, 6) is 0.593. The van der Waals surface area contributed by atoms with Crippen molar-refractivity contribution in [1.29, 1.82) is 0 Å². The van der Waals surface area contributed by atoms with Crippen LogP contribution in [0.3, 0.4) is 0 Å². The predicted octanol–water partition coefficient (Wildman–Crippen LogP) is 1.82. The van der Waals surface area contributed by atoms with E-state index >= 15 is 0 Å². The van der Waals surface area contributed by atoms with Crippen molar-refractivity contribution >= 4 is 5.91 Å². The van der Waals surface area contributed by atoms with Crippen LogP contribution in [0.4, 0.5) is 0 Å². The van der Waals surface area contributed by atoms with Crippen LogP contribution in [0.5, 0.6) is 0 Å². The maximum atomic E-state index is 11.5. The number of methoxy groups -OCH3 is 1. The Morgan fingerprint density at radius 1 is 1.35 bits per heavy atom. The van der Waals surface area contributed by atoms with E-state index in [1.54, 1.807) is 7.11 Å². The zero-order valence-corrected chi connectivity index (χ0v) is 10.5. The van der Waals surface area contributed by atoms with Gasteiger partial charge in [-0.15, -0.1) is 0 Å². The third kappa shape index (κ3) is 2.67. The van der Waals surface area contributed by atoms with Crippen LogP contribution in [0.25, 0.3) is 0 Å². The lowest BCUT2D eigenvalue weighted by Gasteiger charge is -2.39. The molecule has 2 rings (SSSR count). The molecule has 1 aromatic rings. The van der Waals surface area contributed by atoms with Gasteiger partial charge >= 0.3 is 0 Å². The summed E-state index contributed by atoms with van der Waals surface area (Å²) < 4.78 is 4.84.